The van der Waals surface area contributed by atoms with Crippen LogP contribution < -0.4 is 11.1 Å². The van der Waals surface area contributed by atoms with Crippen LogP contribution >= 0.6 is 36.4 Å². The van der Waals surface area contributed by atoms with E-state index in [1.807, 2.05) is 6.07 Å². The van der Waals surface area contributed by atoms with E-state index >= 15 is 0 Å². The van der Waals surface area contributed by atoms with E-state index < -0.39 is 0 Å². The molecule has 0 unspecified atom stereocenters. The summed E-state index contributed by atoms with van der Waals surface area (Å²) in [7, 11) is 0. The highest BCUT2D eigenvalue weighted by Crippen LogP contribution is 2.31. The van der Waals surface area contributed by atoms with Crippen molar-refractivity contribution in [3.63, 3.8) is 0 Å². The first kappa shape index (κ1) is 23.2. The number of nitrogens with two attached hydrogens (primary N) is 1. The average Bonchev–Trinajstić information content (AvgIpc) is 3.25. The summed E-state index contributed by atoms with van der Waals surface area (Å²) in [6.07, 6.45) is 5.72. The number of anilines is 1. The SMILES string of the molecule is Cl.Cl.NCc1cc(C(=O)Nc2ccc(Cl)c(-c3nnc4n3CCCCC4)c2)co1. The Hall–Kier alpha value is -2.06. The predicted octanol–water partition coefficient (Wildman–Crippen LogP) is 4.47. The van der Waals surface area contributed by atoms with Crippen LogP contribution in [0.2, 0.25) is 5.02 Å². The van der Waals surface area contributed by atoms with E-state index in [1.165, 1.54) is 12.7 Å². The van der Waals surface area contributed by atoms with E-state index in [1.54, 1.807) is 18.2 Å². The maximum atomic E-state index is 12.4. The molecule has 0 spiro atoms. The summed E-state index contributed by atoms with van der Waals surface area (Å²) in [6, 6.07) is 6.97. The van der Waals surface area contributed by atoms with E-state index in [-0.39, 0.29) is 37.3 Å². The minimum Gasteiger partial charge on any atom is -0.467 e. The number of aromatic nitrogens is 3. The molecule has 7 nitrogen and oxygen atoms in total. The molecular formula is C19H22Cl3N5O2. The van der Waals surface area contributed by atoms with Gasteiger partial charge in [-0.1, -0.05) is 18.0 Å². The zero-order chi connectivity index (χ0) is 18.8. The van der Waals surface area contributed by atoms with Gasteiger partial charge in [-0.25, -0.2) is 0 Å². The van der Waals surface area contributed by atoms with Gasteiger partial charge in [-0.15, -0.1) is 35.0 Å². The number of hydrogen-bond acceptors (Lipinski definition) is 5. The molecule has 0 fully saturated rings. The molecule has 10 heteroatoms. The topological polar surface area (TPSA) is 99.0 Å². The molecule has 2 aromatic heterocycles. The number of furan rings is 1. The highest BCUT2D eigenvalue weighted by atomic mass is 35.5. The Balaban J connectivity index is 0.00000150. The van der Waals surface area contributed by atoms with Gasteiger partial charge in [0.25, 0.3) is 5.91 Å². The molecule has 0 bridgehead atoms. The number of hydrogen-bond donors (Lipinski definition) is 2. The monoisotopic (exact) mass is 457 g/mol. The molecule has 0 aliphatic carbocycles. The molecule has 156 valence electrons. The van der Waals surface area contributed by atoms with Gasteiger partial charge in [-0.05, 0) is 37.1 Å². The highest BCUT2D eigenvalue weighted by molar-refractivity contribution is 6.33. The summed E-state index contributed by atoms with van der Waals surface area (Å²) < 4.78 is 7.35. The molecule has 1 aliphatic rings. The summed E-state index contributed by atoms with van der Waals surface area (Å²) in [5, 5.41) is 12.1. The minimum absolute atomic E-state index is 0. The Morgan fingerprint density at radius 1 is 1.21 bits per heavy atom. The Labute approximate surface area is 185 Å². The third-order valence-corrected chi connectivity index (χ3v) is 5.02. The number of benzene rings is 1. The zero-order valence-electron chi connectivity index (χ0n) is 15.6. The van der Waals surface area contributed by atoms with Gasteiger partial charge in [0.2, 0.25) is 0 Å². The number of amides is 1. The molecule has 1 aromatic carbocycles. The maximum absolute atomic E-state index is 12.4. The second-order valence-corrected chi connectivity index (χ2v) is 6.96. The molecule has 0 saturated carbocycles. The van der Waals surface area contributed by atoms with Crippen LogP contribution in [0, 0.1) is 0 Å². The summed E-state index contributed by atoms with van der Waals surface area (Å²) in [5.41, 5.74) is 7.32. The fourth-order valence-corrected chi connectivity index (χ4v) is 3.47. The normalized spacial score (nSPS) is 12.9. The molecule has 4 rings (SSSR count). The molecule has 0 radical (unpaired) electrons. The van der Waals surface area contributed by atoms with E-state index in [4.69, 9.17) is 21.8 Å². The first-order valence-electron chi connectivity index (χ1n) is 8.96. The second kappa shape index (κ2) is 10.1. The summed E-state index contributed by atoms with van der Waals surface area (Å²) in [5.74, 6) is 2.01. The smallest absolute Gasteiger partial charge is 0.258 e. The average molecular weight is 459 g/mol. The zero-order valence-corrected chi connectivity index (χ0v) is 17.9. The van der Waals surface area contributed by atoms with Crippen LogP contribution in [0.1, 0.15) is 41.2 Å². The number of aryl methyl sites for hydroxylation is 1. The molecule has 1 amide bonds. The molecule has 3 aromatic rings. The third kappa shape index (κ3) is 4.93. The lowest BCUT2D eigenvalue weighted by Gasteiger charge is -2.11. The van der Waals surface area contributed by atoms with Crippen molar-refractivity contribution in [2.24, 2.45) is 5.73 Å². The van der Waals surface area contributed by atoms with Crippen molar-refractivity contribution in [1.29, 1.82) is 0 Å². The van der Waals surface area contributed by atoms with E-state index in [2.05, 4.69) is 20.1 Å². The predicted molar refractivity (Wildman–Crippen MR) is 117 cm³/mol. The molecule has 0 saturated heterocycles. The van der Waals surface area contributed by atoms with Crippen molar-refractivity contribution in [2.45, 2.75) is 38.8 Å². The number of carbonyl (C=O) groups is 1. The van der Waals surface area contributed by atoms with Crippen LogP contribution in [0.25, 0.3) is 11.4 Å². The van der Waals surface area contributed by atoms with Crippen LogP contribution in [0.15, 0.2) is 34.9 Å². The maximum Gasteiger partial charge on any atom is 0.258 e. The largest absolute Gasteiger partial charge is 0.467 e. The fraction of sp³-hybridized carbons (Fsp3) is 0.316. The van der Waals surface area contributed by atoms with Crippen molar-refractivity contribution in [1.82, 2.24) is 14.8 Å². The molecular weight excluding hydrogens is 437 g/mol. The lowest BCUT2D eigenvalue weighted by atomic mass is 10.1. The number of nitrogens with zero attached hydrogens (tertiary/aromatic N) is 3. The number of halogens is 3. The minimum atomic E-state index is -0.271. The lowest BCUT2D eigenvalue weighted by Crippen LogP contribution is -2.11. The Kier molecular flexibility index (Phi) is 8.10. The summed E-state index contributed by atoms with van der Waals surface area (Å²) in [6.45, 7) is 1.12. The van der Waals surface area contributed by atoms with Crippen molar-refractivity contribution >= 4 is 48.0 Å². The van der Waals surface area contributed by atoms with E-state index in [9.17, 15) is 4.79 Å². The lowest BCUT2D eigenvalue weighted by molar-refractivity contribution is 0.102. The van der Waals surface area contributed by atoms with Crippen molar-refractivity contribution in [3.05, 3.63) is 52.7 Å². The van der Waals surface area contributed by atoms with Gasteiger partial charge in [-0.2, -0.15) is 0 Å². The van der Waals surface area contributed by atoms with Crippen LogP contribution in [0.4, 0.5) is 5.69 Å². The molecule has 29 heavy (non-hydrogen) atoms. The number of fused-ring (bicyclic) bond motifs is 1. The number of carbonyl (C=O) groups excluding carboxylic acids is 1. The quantitative estimate of drug-likeness (QED) is 0.601. The van der Waals surface area contributed by atoms with Gasteiger partial charge < -0.3 is 20.0 Å². The fourth-order valence-electron chi connectivity index (χ4n) is 3.27. The van der Waals surface area contributed by atoms with Crippen LogP contribution in [0.3, 0.4) is 0 Å². The summed E-state index contributed by atoms with van der Waals surface area (Å²) >= 11 is 6.42. The molecule has 1 aliphatic heterocycles. The Morgan fingerprint density at radius 3 is 2.79 bits per heavy atom. The van der Waals surface area contributed by atoms with Gasteiger partial charge in [0.1, 0.15) is 17.8 Å². The Morgan fingerprint density at radius 2 is 2.03 bits per heavy atom. The van der Waals surface area contributed by atoms with Crippen LogP contribution in [-0.2, 0) is 19.5 Å². The first-order chi connectivity index (χ1) is 13.2. The van der Waals surface area contributed by atoms with E-state index in [0.29, 0.717) is 22.0 Å². The van der Waals surface area contributed by atoms with Crippen molar-refractivity contribution < 1.29 is 9.21 Å². The van der Waals surface area contributed by atoms with Gasteiger partial charge in [0.05, 0.1) is 17.1 Å². The van der Waals surface area contributed by atoms with Crippen LogP contribution in [-0.4, -0.2) is 20.7 Å². The van der Waals surface area contributed by atoms with Crippen LogP contribution in [0.5, 0.6) is 0 Å². The van der Waals surface area contributed by atoms with Crippen molar-refractivity contribution in [3.8, 4) is 11.4 Å². The first-order valence-corrected chi connectivity index (χ1v) is 9.34. The van der Waals surface area contributed by atoms with Gasteiger partial charge >= 0.3 is 0 Å². The molecule has 3 heterocycles. The molecule has 0 atom stereocenters. The van der Waals surface area contributed by atoms with Gasteiger partial charge in [0, 0.05) is 24.2 Å². The molecule has 3 N–H and O–H groups in total. The third-order valence-electron chi connectivity index (χ3n) is 4.69. The Bertz CT molecular complexity index is 986. The van der Waals surface area contributed by atoms with Gasteiger partial charge in [0.15, 0.2) is 5.82 Å². The van der Waals surface area contributed by atoms with Gasteiger partial charge in [-0.3, -0.25) is 4.79 Å². The standard InChI is InChI=1S/C19H20ClN5O2.2ClH/c20-16-6-5-13(22-19(26)12-8-14(10-21)27-11-12)9-15(16)18-24-23-17-4-2-1-3-7-25(17)18;;/h5-6,8-9,11H,1-4,7,10,21H2,(H,22,26);2*1H. The second-order valence-electron chi connectivity index (χ2n) is 6.56. The highest BCUT2D eigenvalue weighted by Gasteiger charge is 2.19. The summed E-state index contributed by atoms with van der Waals surface area (Å²) in [4.78, 5) is 12.4. The number of rotatable bonds is 4. The van der Waals surface area contributed by atoms with Crippen molar-refractivity contribution in [2.75, 3.05) is 5.32 Å². The number of nitrogens with one attached hydrogen (secondary N) is 1. The van der Waals surface area contributed by atoms with E-state index in [0.717, 1.165) is 43.0 Å².